The van der Waals surface area contributed by atoms with E-state index in [9.17, 15) is 4.79 Å². The Hall–Kier alpha value is -1.02. The molecule has 2 rings (SSSR count). The fraction of sp³-hybridized carbons (Fsp3) is 0.562. The Kier molecular flexibility index (Phi) is 4.51. The standard InChI is InChI=1S/C16H22ClNO/c1-11-5-4-6-15(12(11)2)16(19)18-9-7-14(8-10-18)13(3)17/h4-6,13-14H,7-10H2,1-3H3. The molecule has 0 radical (unpaired) electrons. The van der Waals surface area contributed by atoms with Crippen LogP contribution in [-0.2, 0) is 0 Å². The Morgan fingerprint density at radius 2 is 1.95 bits per heavy atom. The predicted molar refractivity (Wildman–Crippen MR) is 79.9 cm³/mol. The van der Waals surface area contributed by atoms with Gasteiger partial charge in [-0.15, -0.1) is 11.6 Å². The Labute approximate surface area is 120 Å². The molecule has 3 heteroatoms. The minimum Gasteiger partial charge on any atom is -0.339 e. The number of likely N-dealkylation sites (tertiary alicyclic amines) is 1. The number of halogens is 1. The zero-order valence-electron chi connectivity index (χ0n) is 11.9. The van der Waals surface area contributed by atoms with E-state index in [1.165, 1.54) is 5.56 Å². The van der Waals surface area contributed by atoms with Gasteiger partial charge < -0.3 is 4.90 Å². The molecule has 1 aromatic rings. The second-order valence-electron chi connectivity index (χ2n) is 5.55. The molecule has 2 nitrogen and oxygen atoms in total. The van der Waals surface area contributed by atoms with E-state index in [0.29, 0.717) is 5.92 Å². The largest absolute Gasteiger partial charge is 0.339 e. The molecule has 1 saturated heterocycles. The number of nitrogens with zero attached hydrogens (tertiary/aromatic N) is 1. The van der Waals surface area contributed by atoms with Gasteiger partial charge in [0.2, 0.25) is 0 Å². The molecular formula is C16H22ClNO. The van der Waals surface area contributed by atoms with Gasteiger partial charge in [0, 0.05) is 24.0 Å². The Morgan fingerprint density at radius 1 is 1.32 bits per heavy atom. The van der Waals surface area contributed by atoms with Gasteiger partial charge in [-0.2, -0.15) is 0 Å². The number of hydrogen-bond donors (Lipinski definition) is 0. The van der Waals surface area contributed by atoms with Crippen LogP contribution < -0.4 is 0 Å². The number of hydrogen-bond acceptors (Lipinski definition) is 1. The van der Waals surface area contributed by atoms with Crippen molar-refractivity contribution in [1.29, 1.82) is 0 Å². The molecular weight excluding hydrogens is 258 g/mol. The highest BCUT2D eigenvalue weighted by atomic mass is 35.5. The SMILES string of the molecule is Cc1cccc(C(=O)N2CCC(C(C)Cl)CC2)c1C. The minimum absolute atomic E-state index is 0.168. The average molecular weight is 280 g/mol. The maximum Gasteiger partial charge on any atom is 0.254 e. The monoisotopic (exact) mass is 279 g/mol. The van der Waals surface area contributed by atoms with Crippen LogP contribution in [-0.4, -0.2) is 29.3 Å². The van der Waals surface area contributed by atoms with Crippen molar-refractivity contribution >= 4 is 17.5 Å². The third kappa shape index (κ3) is 3.11. The van der Waals surface area contributed by atoms with Crippen molar-refractivity contribution in [3.05, 3.63) is 34.9 Å². The van der Waals surface area contributed by atoms with Gasteiger partial charge >= 0.3 is 0 Å². The molecule has 1 heterocycles. The van der Waals surface area contributed by atoms with Crippen LogP contribution in [0.5, 0.6) is 0 Å². The molecule has 0 N–H and O–H groups in total. The molecule has 19 heavy (non-hydrogen) atoms. The van der Waals surface area contributed by atoms with Crippen molar-refractivity contribution in [3.63, 3.8) is 0 Å². The van der Waals surface area contributed by atoms with Crippen molar-refractivity contribution in [2.45, 2.75) is 39.0 Å². The summed E-state index contributed by atoms with van der Waals surface area (Å²) in [6.45, 7) is 7.78. The molecule has 0 aromatic heterocycles. The van der Waals surface area contributed by atoms with E-state index in [0.717, 1.165) is 37.1 Å². The average Bonchev–Trinajstić information content (AvgIpc) is 2.41. The summed E-state index contributed by atoms with van der Waals surface area (Å²) in [7, 11) is 0. The number of alkyl halides is 1. The van der Waals surface area contributed by atoms with E-state index in [1.807, 2.05) is 36.9 Å². The number of piperidine rings is 1. The maximum atomic E-state index is 12.5. The summed E-state index contributed by atoms with van der Waals surface area (Å²) in [4.78, 5) is 14.5. The van der Waals surface area contributed by atoms with Crippen LogP contribution in [0.1, 0.15) is 41.3 Å². The third-order valence-corrected chi connectivity index (χ3v) is 4.67. The van der Waals surface area contributed by atoms with Crippen LogP contribution in [0.3, 0.4) is 0 Å². The number of amides is 1. The number of aryl methyl sites for hydroxylation is 1. The van der Waals surface area contributed by atoms with E-state index in [1.54, 1.807) is 0 Å². The molecule has 1 amide bonds. The van der Waals surface area contributed by atoms with Gasteiger partial charge in [0.05, 0.1) is 0 Å². The first-order valence-electron chi connectivity index (χ1n) is 7.00. The Bertz CT molecular complexity index is 462. The summed E-state index contributed by atoms with van der Waals surface area (Å²) in [5, 5.41) is 0.206. The van der Waals surface area contributed by atoms with Crippen molar-refractivity contribution in [1.82, 2.24) is 4.90 Å². The van der Waals surface area contributed by atoms with Crippen LogP contribution in [0.4, 0.5) is 0 Å². The lowest BCUT2D eigenvalue weighted by atomic mass is 9.93. The fourth-order valence-corrected chi connectivity index (χ4v) is 2.97. The summed E-state index contributed by atoms with van der Waals surface area (Å²) in [5.74, 6) is 0.714. The second kappa shape index (κ2) is 5.96. The highest BCUT2D eigenvalue weighted by molar-refractivity contribution is 6.20. The molecule has 0 spiro atoms. The highest BCUT2D eigenvalue weighted by Crippen LogP contribution is 2.25. The number of rotatable bonds is 2. The van der Waals surface area contributed by atoms with E-state index in [4.69, 9.17) is 11.6 Å². The van der Waals surface area contributed by atoms with E-state index in [-0.39, 0.29) is 11.3 Å². The number of carbonyl (C=O) groups excluding carboxylic acids is 1. The fourth-order valence-electron chi connectivity index (χ4n) is 2.71. The van der Waals surface area contributed by atoms with Crippen LogP contribution in [0.15, 0.2) is 18.2 Å². The minimum atomic E-state index is 0.168. The molecule has 1 aliphatic rings. The molecule has 1 aromatic carbocycles. The summed E-state index contributed by atoms with van der Waals surface area (Å²) in [5.41, 5.74) is 3.12. The van der Waals surface area contributed by atoms with Gasteiger partial charge in [-0.25, -0.2) is 0 Å². The van der Waals surface area contributed by atoms with Gasteiger partial charge in [-0.3, -0.25) is 4.79 Å². The van der Waals surface area contributed by atoms with Crippen LogP contribution >= 0.6 is 11.6 Å². The van der Waals surface area contributed by atoms with E-state index >= 15 is 0 Å². The quantitative estimate of drug-likeness (QED) is 0.755. The Morgan fingerprint density at radius 3 is 2.53 bits per heavy atom. The molecule has 1 fully saturated rings. The molecule has 0 bridgehead atoms. The molecule has 0 saturated carbocycles. The van der Waals surface area contributed by atoms with Gasteiger partial charge in [0.25, 0.3) is 5.91 Å². The molecule has 104 valence electrons. The summed E-state index contributed by atoms with van der Waals surface area (Å²) in [6.07, 6.45) is 2.03. The van der Waals surface area contributed by atoms with Crippen molar-refractivity contribution in [2.75, 3.05) is 13.1 Å². The number of carbonyl (C=O) groups is 1. The van der Waals surface area contributed by atoms with Crippen molar-refractivity contribution in [3.8, 4) is 0 Å². The summed E-state index contributed by atoms with van der Waals surface area (Å²) >= 11 is 6.14. The number of benzene rings is 1. The topological polar surface area (TPSA) is 20.3 Å². The van der Waals surface area contributed by atoms with Crippen molar-refractivity contribution in [2.24, 2.45) is 5.92 Å². The summed E-state index contributed by atoms with van der Waals surface area (Å²) in [6, 6.07) is 5.94. The van der Waals surface area contributed by atoms with Crippen LogP contribution in [0, 0.1) is 19.8 Å². The van der Waals surface area contributed by atoms with E-state index < -0.39 is 0 Å². The lowest BCUT2D eigenvalue weighted by molar-refractivity contribution is 0.0689. The van der Waals surface area contributed by atoms with Gasteiger partial charge in [0.1, 0.15) is 0 Å². The first-order valence-corrected chi connectivity index (χ1v) is 7.44. The van der Waals surface area contributed by atoms with Gasteiger partial charge in [-0.1, -0.05) is 12.1 Å². The van der Waals surface area contributed by atoms with Gasteiger partial charge in [-0.05, 0) is 56.7 Å². The zero-order chi connectivity index (χ0) is 14.0. The smallest absolute Gasteiger partial charge is 0.254 e. The first-order chi connectivity index (χ1) is 9.00. The molecule has 1 atom stereocenters. The zero-order valence-corrected chi connectivity index (χ0v) is 12.7. The van der Waals surface area contributed by atoms with Crippen LogP contribution in [0.25, 0.3) is 0 Å². The third-order valence-electron chi connectivity index (χ3n) is 4.31. The normalized spacial score (nSPS) is 18.4. The molecule has 1 unspecified atom stereocenters. The Balaban J connectivity index is 2.07. The predicted octanol–water partition coefficient (Wildman–Crippen LogP) is 3.78. The van der Waals surface area contributed by atoms with Crippen LogP contribution in [0.2, 0.25) is 0 Å². The highest BCUT2D eigenvalue weighted by Gasteiger charge is 2.26. The van der Waals surface area contributed by atoms with E-state index in [2.05, 4.69) is 6.92 Å². The maximum absolute atomic E-state index is 12.5. The first kappa shape index (κ1) is 14.4. The lowest BCUT2D eigenvalue weighted by Crippen LogP contribution is -2.40. The summed E-state index contributed by atoms with van der Waals surface area (Å²) < 4.78 is 0. The second-order valence-corrected chi connectivity index (χ2v) is 6.24. The van der Waals surface area contributed by atoms with Crippen molar-refractivity contribution < 1.29 is 4.79 Å². The molecule has 1 aliphatic heterocycles. The van der Waals surface area contributed by atoms with Gasteiger partial charge in [0.15, 0.2) is 0 Å². The lowest BCUT2D eigenvalue weighted by Gasteiger charge is -2.33. The molecule has 0 aliphatic carbocycles.